The molecule has 7 nitrogen and oxygen atoms in total. The second kappa shape index (κ2) is 9.58. The fourth-order valence-corrected chi connectivity index (χ4v) is 1.87. The first kappa shape index (κ1) is 18.6. The van der Waals surface area contributed by atoms with Crippen LogP contribution in [0, 0.1) is 0 Å². The van der Waals surface area contributed by atoms with Gasteiger partial charge in [0.25, 0.3) is 0 Å². The smallest absolute Gasteiger partial charge is 0.338 e. The summed E-state index contributed by atoms with van der Waals surface area (Å²) in [5, 5.41) is 2.65. The van der Waals surface area contributed by atoms with E-state index in [1.807, 2.05) is 0 Å². The number of ether oxygens (including phenoxy) is 2. The Kier molecular flexibility index (Phi) is 7.76. The van der Waals surface area contributed by atoms with Gasteiger partial charge in [-0.3, -0.25) is 9.59 Å². The van der Waals surface area contributed by atoms with E-state index in [2.05, 4.69) is 5.32 Å². The van der Waals surface area contributed by atoms with E-state index in [0.717, 1.165) is 0 Å². The Bertz CT molecular complexity index is 542. The Morgan fingerprint density at radius 2 is 1.83 bits per heavy atom. The molecule has 0 saturated carbocycles. The zero-order chi connectivity index (χ0) is 17.2. The summed E-state index contributed by atoms with van der Waals surface area (Å²) < 4.78 is 9.75. The molecule has 1 rings (SSSR count). The van der Waals surface area contributed by atoms with Crippen LogP contribution in [0.2, 0.25) is 0 Å². The van der Waals surface area contributed by atoms with E-state index in [1.165, 1.54) is 11.8 Å². The minimum atomic E-state index is -0.425. The summed E-state index contributed by atoms with van der Waals surface area (Å²) >= 11 is 0. The van der Waals surface area contributed by atoms with Crippen LogP contribution < -0.4 is 10.2 Å². The largest absolute Gasteiger partial charge is 0.462 e. The van der Waals surface area contributed by atoms with Gasteiger partial charge in [-0.15, -0.1) is 0 Å². The number of amides is 2. The molecule has 1 N–H and O–H groups in total. The van der Waals surface area contributed by atoms with Crippen molar-refractivity contribution in [1.82, 2.24) is 5.32 Å². The number of carbonyl (C=O) groups excluding carboxylic acids is 3. The molecule has 0 atom stereocenters. The van der Waals surface area contributed by atoms with Crippen LogP contribution in [0.3, 0.4) is 0 Å². The minimum Gasteiger partial charge on any atom is -0.462 e. The number of benzene rings is 1. The standard InChI is InChI=1S/C16H22N2O5/c1-4-23-16(21)13-5-7-14(8-6-13)18(12(2)19)11-15(20)17-9-10-22-3/h5-8H,4,9-11H2,1-3H3,(H,17,20). The van der Waals surface area contributed by atoms with Crippen molar-refractivity contribution in [2.45, 2.75) is 13.8 Å². The summed E-state index contributed by atoms with van der Waals surface area (Å²) in [4.78, 5) is 36.5. The molecule has 0 aliphatic heterocycles. The predicted octanol–water partition coefficient (Wildman–Crippen LogP) is 0.979. The van der Waals surface area contributed by atoms with Gasteiger partial charge in [-0.25, -0.2) is 4.79 Å². The quantitative estimate of drug-likeness (QED) is 0.569. The van der Waals surface area contributed by atoms with Crippen molar-refractivity contribution < 1.29 is 23.9 Å². The van der Waals surface area contributed by atoms with Gasteiger partial charge in [0.2, 0.25) is 11.8 Å². The lowest BCUT2D eigenvalue weighted by Crippen LogP contribution is -2.40. The van der Waals surface area contributed by atoms with Crippen LogP contribution in [-0.2, 0) is 19.1 Å². The maximum atomic E-state index is 11.8. The Hall–Kier alpha value is -2.41. The average molecular weight is 322 g/mol. The van der Waals surface area contributed by atoms with Gasteiger partial charge in [-0.05, 0) is 31.2 Å². The van der Waals surface area contributed by atoms with E-state index in [9.17, 15) is 14.4 Å². The van der Waals surface area contributed by atoms with Crippen molar-refractivity contribution in [3.05, 3.63) is 29.8 Å². The van der Waals surface area contributed by atoms with E-state index in [4.69, 9.17) is 9.47 Å². The second-order valence-corrected chi connectivity index (χ2v) is 4.72. The Morgan fingerprint density at radius 1 is 1.17 bits per heavy atom. The van der Waals surface area contributed by atoms with Crippen molar-refractivity contribution in [2.24, 2.45) is 0 Å². The molecule has 0 aliphatic carbocycles. The molecule has 7 heteroatoms. The molecule has 0 bridgehead atoms. The van der Waals surface area contributed by atoms with Gasteiger partial charge in [0.05, 0.1) is 18.8 Å². The van der Waals surface area contributed by atoms with E-state index in [-0.39, 0.29) is 18.4 Å². The third-order valence-electron chi connectivity index (χ3n) is 3.00. The molecule has 0 fully saturated rings. The lowest BCUT2D eigenvalue weighted by molar-refractivity contribution is -0.123. The van der Waals surface area contributed by atoms with Gasteiger partial charge in [0.15, 0.2) is 0 Å². The van der Waals surface area contributed by atoms with Gasteiger partial charge < -0.3 is 19.7 Å². The summed E-state index contributed by atoms with van der Waals surface area (Å²) in [5.41, 5.74) is 0.927. The number of nitrogens with zero attached hydrogens (tertiary/aromatic N) is 1. The van der Waals surface area contributed by atoms with Crippen molar-refractivity contribution in [3.63, 3.8) is 0 Å². The molecule has 0 aromatic heterocycles. The first-order valence-corrected chi connectivity index (χ1v) is 7.30. The maximum absolute atomic E-state index is 11.8. The number of methoxy groups -OCH3 is 1. The van der Waals surface area contributed by atoms with Crippen molar-refractivity contribution in [2.75, 3.05) is 38.3 Å². The zero-order valence-corrected chi connectivity index (χ0v) is 13.6. The molecule has 0 radical (unpaired) electrons. The van der Waals surface area contributed by atoms with Crippen LogP contribution in [0.15, 0.2) is 24.3 Å². The molecular weight excluding hydrogens is 300 g/mol. The van der Waals surface area contributed by atoms with E-state index < -0.39 is 5.97 Å². The number of rotatable bonds is 8. The fraction of sp³-hybridized carbons (Fsp3) is 0.438. The van der Waals surface area contributed by atoms with Crippen LogP contribution in [0.4, 0.5) is 5.69 Å². The van der Waals surface area contributed by atoms with E-state index >= 15 is 0 Å². The SMILES string of the molecule is CCOC(=O)c1ccc(N(CC(=O)NCCOC)C(C)=O)cc1. The number of anilines is 1. The molecule has 0 heterocycles. The summed E-state index contributed by atoms with van der Waals surface area (Å²) in [6.45, 7) is 4.08. The van der Waals surface area contributed by atoms with Gasteiger partial charge in [-0.2, -0.15) is 0 Å². The molecule has 1 aromatic carbocycles. The summed E-state index contributed by atoms with van der Waals surface area (Å²) in [6.07, 6.45) is 0. The highest BCUT2D eigenvalue weighted by molar-refractivity contribution is 5.98. The molecule has 0 aliphatic rings. The summed E-state index contributed by atoms with van der Waals surface area (Å²) in [5.74, 6) is -0.978. The summed E-state index contributed by atoms with van der Waals surface area (Å²) in [7, 11) is 1.54. The second-order valence-electron chi connectivity index (χ2n) is 4.72. The number of hydrogen-bond donors (Lipinski definition) is 1. The normalized spacial score (nSPS) is 10.0. The molecule has 1 aromatic rings. The topological polar surface area (TPSA) is 84.9 Å². The monoisotopic (exact) mass is 322 g/mol. The lowest BCUT2D eigenvalue weighted by atomic mass is 10.2. The van der Waals surface area contributed by atoms with Crippen LogP contribution in [0.5, 0.6) is 0 Å². The van der Waals surface area contributed by atoms with Crippen molar-refractivity contribution in [1.29, 1.82) is 0 Å². The van der Waals surface area contributed by atoms with E-state index in [1.54, 1.807) is 38.3 Å². The minimum absolute atomic E-state index is 0.0994. The number of esters is 1. The van der Waals surface area contributed by atoms with Crippen molar-refractivity contribution >= 4 is 23.5 Å². The Labute approximate surface area is 135 Å². The molecule has 0 unspecified atom stereocenters. The van der Waals surface area contributed by atoms with Gasteiger partial charge in [0.1, 0.15) is 6.54 Å². The average Bonchev–Trinajstić information content (AvgIpc) is 2.53. The number of nitrogens with one attached hydrogen (secondary N) is 1. The lowest BCUT2D eigenvalue weighted by Gasteiger charge is -2.21. The fourth-order valence-electron chi connectivity index (χ4n) is 1.87. The van der Waals surface area contributed by atoms with Gasteiger partial charge >= 0.3 is 5.97 Å². The van der Waals surface area contributed by atoms with Gasteiger partial charge in [-0.1, -0.05) is 0 Å². The zero-order valence-electron chi connectivity index (χ0n) is 13.6. The van der Waals surface area contributed by atoms with Crippen LogP contribution in [0.1, 0.15) is 24.2 Å². The maximum Gasteiger partial charge on any atom is 0.338 e. The Balaban J connectivity index is 2.76. The first-order valence-electron chi connectivity index (χ1n) is 7.30. The predicted molar refractivity (Wildman–Crippen MR) is 85.3 cm³/mol. The molecule has 2 amide bonds. The third-order valence-corrected chi connectivity index (χ3v) is 3.00. The molecular formula is C16H22N2O5. The molecule has 0 saturated heterocycles. The molecule has 0 spiro atoms. The van der Waals surface area contributed by atoms with Crippen LogP contribution >= 0.6 is 0 Å². The molecule has 23 heavy (non-hydrogen) atoms. The van der Waals surface area contributed by atoms with E-state index in [0.29, 0.717) is 31.0 Å². The highest BCUT2D eigenvalue weighted by Gasteiger charge is 2.16. The first-order chi connectivity index (χ1) is 11.0. The van der Waals surface area contributed by atoms with Crippen LogP contribution in [-0.4, -0.2) is 51.2 Å². The van der Waals surface area contributed by atoms with Gasteiger partial charge in [0, 0.05) is 26.3 Å². The number of carbonyl (C=O) groups is 3. The summed E-state index contributed by atoms with van der Waals surface area (Å²) in [6, 6.07) is 6.34. The number of hydrogen-bond acceptors (Lipinski definition) is 5. The van der Waals surface area contributed by atoms with Crippen molar-refractivity contribution in [3.8, 4) is 0 Å². The highest BCUT2D eigenvalue weighted by atomic mass is 16.5. The molecule has 126 valence electrons. The van der Waals surface area contributed by atoms with Crippen LogP contribution in [0.25, 0.3) is 0 Å². The third kappa shape index (κ3) is 6.07. The highest BCUT2D eigenvalue weighted by Crippen LogP contribution is 2.16. The Morgan fingerprint density at radius 3 is 2.35 bits per heavy atom.